The average Bonchev–Trinajstić information content (AvgIpc) is 2.72. The summed E-state index contributed by atoms with van der Waals surface area (Å²) in [5, 5.41) is 14.2. The van der Waals surface area contributed by atoms with E-state index in [-0.39, 0.29) is 26.9 Å². The first kappa shape index (κ1) is 16.2. The molecule has 22 heavy (non-hydrogen) atoms. The molecular weight excluding hydrogens is 334 g/mol. The van der Waals surface area contributed by atoms with Crippen LogP contribution in [0.3, 0.4) is 0 Å². The van der Waals surface area contributed by atoms with Gasteiger partial charge in [-0.2, -0.15) is 0 Å². The van der Waals surface area contributed by atoms with E-state index in [1.807, 2.05) is 0 Å². The van der Waals surface area contributed by atoms with E-state index < -0.39 is 14.9 Å². The lowest BCUT2D eigenvalue weighted by Gasteiger charge is -2.10. The Morgan fingerprint density at radius 2 is 1.95 bits per heavy atom. The summed E-state index contributed by atoms with van der Waals surface area (Å²) in [7, 11) is -3.98. The molecule has 1 aromatic carbocycles. The van der Waals surface area contributed by atoms with Crippen LogP contribution in [0.15, 0.2) is 21.6 Å². The number of rotatable bonds is 4. The van der Waals surface area contributed by atoms with Gasteiger partial charge in [-0.15, -0.1) is 0 Å². The van der Waals surface area contributed by atoms with Crippen LogP contribution in [0.2, 0.25) is 5.02 Å². The fraction of sp³-hybridized carbons (Fsp3) is 0.250. The van der Waals surface area contributed by atoms with Crippen LogP contribution in [0.25, 0.3) is 0 Å². The highest BCUT2D eigenvalue weighted by Gasteiger charge is 2.25. The molecule has 0 aliphatic heterocycles. The van der Waals surface area contributed by atoms with Gasteiger partial charge >= 0.3 is 0 Å². The SMILES string of the molecule is Cc1cc([N+](=O)[O-])c(Cl)cc1S(=O)(=O)Nc1c(C)noc1C. The zero-order chi connectivity index (χ0) is 16.7. The molecule has 2 rings (SSSR count). The molecule has 0 bridgehead atoms. The molecular formula is C12H12ClN3O5S. The highest BCUT2D eigenvalue weighted by molar-refractivity contribution is 7.92. The Morgan fingerprint density at radius 1 is 1.32 bits per heavy atom. The minimum Gasteiger partial charge on any atom is -0.359 e. The second kappa shape index (κ2) is 5.58. The zero-order valence-electron chi connectivity index (χ0n) is 11.9. The number of anilines is 1. The highest BCUT2D eigenvalue weighted by atomic mass is 35.5. The predicted octanol–water partition coefficient (Wildman–Crippen LogP) is 2.96. The Kier molecular flexibility index (Phi) is 4.12. The van der Waals surface area contributed by atoms with Crippen molar-refractivity contribution < 1.29 is 17.9 Å². The van der Waals surface area contributed by atoms with Gasteiger partial charge in [0.05, 0.1) is 9.82 Å². The molecule has 0 spiro atoms. The van der Waals surface area contributed by atoms with E-state index in [0.29, 0.717) is 11.5 Å². The van der Waals surface area contributed by atoms with Gasteiger partial charge in [0.25, 0.3) is 15.7 Å². The van der Waals surface area contributed by atoms with Crippen LogP contribution in [0.4, 0.5) is 11.4 Å². The molecule has 2 aromatic rings. The molecule has 1 heterocycles. The van der Waals surface area contributed by atoms with Gasteiger partial charge in [0, 0.05) is 6.07 Å². The quantitative estimate of drug-likeness (QED) is 0.672. The van der Waals surface area contributed by atoms with E-state index in [2.05, 4.69) is 9.88 Å². The number of hydrogen-bond acceptors (Lipinski definition) is 6. The minimum atomic E-state index is -3.98. The summed E-state index contributed by atoms with van der Waals surface area (Å²) in [4.78, 5) is 9.99. The zero-order valence-corrected chi connectivity index (χ0v) is 13.4. The monoisotopic (exact) mass is 345 g/mol. The summed E-state index contributed by atoms with van der Waals surface area (Å²) in [6.45, 7) is 4.60. The van der Waals surface area contributed by atoms with E-state index in [9.17, 15) is 18.5 Å². The van der Waals surface area contributed by atoms with E-state index >= 15 is 0 Å². The highest BCUT2D eigenvalue weighted by Crippen LogP contribution is 2.31. The molecule has 1 N–H and O–H groups in total. The molecule has 0 radical (unpaired) electrons. The Balaban J connectivity index is 2.51. The predicted molar refractivity (Wildman–Crippen MR) is 79.6 cm³/mol. The van der Waals surface area contributed by atoms with Crippen LogP contribution in [0.1, 0.15) is 17.0 Å². The van der Waals surface area contributed by atoms with Crippen LogP contribution in [0.5, 0.6) is 0 Å². The summed E-state index contributed by atoms with van der Waals surface area (Å²) in [6, 6.07) is 2.17. The molecule has 8 nitrogen and oxygen atoms in total. The van der Waals surface area contributed by atoms with Gasteiger partial charge in [-0.05, 0) is 32.4 Å². The standard InChI is InChI=1S/C12H12ClN3O5S/c1-6-4-10(16(17)18)9(13)5-11(6)22(19,20)15-12-7(2)14-21-8(12)3/h4-5,15H,1-3H3. The van der Waals surface area contributed by atoms with Crippen molar-refractivity contribution in [3.8, 4) is 0 Å². The fourth-order valence-electron chi connectivity index (χ4n) is 1.90. The van der Waals surface area contributed by atoms with E-state index in [1.54, 1.807) is 13.8 Å². The van der Waals surface area contributed by atoms with Crippen molar-refractivity contribution in [2.75, 3.05) is 4.72 Å². The molecule has 0 saturated heterocycles. The van der Waals surface area contributed by atoms with E-state index in [0.717, 1.165) is 12.1 Å². The maximum Gasteiger partial charge on any atom is 0.288 e. The Labute approximate surface area is 131 Å². The van der Waals surface area contributed by atoms with Gasteiger partial charge < -0.3 is 4.52 Å². The molecule has 10 heteroatoms. The van der Waals surface area contributed by atoms with Crippen molar-refractivity contribution in [3.05, 3.63) is 44.3 Å². The maximum atomic E-state index is 12.4. The smallest absolute Gasteiger partial charge is 0.288 e. The summed E-state index contributed by atoms with van der Waals surface area (Å²) in [5.74, 6) is 0.312. The number of hydrogen-bond donors (Lipinski definition) is 1. The van der Waals surface area contributed by atoms with E-state index in [4.69, 9.17) is 16.1 Å². The van der Waals surface area contributed by atoms with Gasteiger partial charge in [-0.25, -0.2) is 8.42 Å². The molecule has 0 atom stereocenters. The van der Waals surface area contributed by atoms with Crippen LogP contribution >= 0.6 is 11.6 Å². The second-order valence-electron chi connectivity index (χ2n) is 4.63. The minimum absolute atomic E-state index is 0.150. The second-order valence-corrected chi connectivity index (χ2v) is 6.69. The number of nitro benzene ring substituents is 1. The molecule has 1 aromatic heterocycles. The van der Waals surface area contributed by atoms with Crippen LogP contribution < -0.4 is 4.72 Å². The number of aryl methyl sites for hydroxylation is 3. The topological polar surface area (TPSA) is 115 Å². The summed E-state index contributed by atoms with van der Waals surface area (Å²) in [6.07, 6.45) is 0. The van der Waals surface area contributed by atoms with Gasteiger partial charge in [-0.3, -0.25) is 14.8 Å². The third-order valence-corrected chi connectivity index (χ3v) is 4.79. The van der Waals surface area contributed by atoms with Gasteiger partial charge in [-0.1, -0.05) is 16.8 Å². The fourth-order valence-corrected chi connectivity index (χ4v) is 3.62. The first-order valence-corrected chi connectivity index (χ1v) is 7.90. The average molecular weight is 346 g/mol. The van der Waals surface area contributed by atoms with Gasteiger partial charge in [0.1, 0.15) is 16.4 Å². The van der Waals surface area contributed by atoms with Crippen molar-refractivity contribution in [1.82, 2.24) is 5.16 Å². The lowest BCUT2D eigenvalue weighted by molar-refractivity contribution is -0.384. The molecule has 0 fully saturated rings. The number of nitrogens with zero attached hydrogens (tertiary/aromatic N) is 2. The van der Waals surface area contributed by atoms with Gasteiger partial charge in [0.2, 0.25) is 0 Å². The first-order valence-electron chi connectivity index (χ1n) is 6.03. The van der Waals surface area contributed by atoms with Gasteiger partial charge in [0.15, 0.2) is 5.76 Å². The Hall–Kier alpha value is -2.13. The van der Waals surface area contributed by atoms with Crippen LogP contribution in [-0.2, 0) is 10.0 Å². The molecule has 0 saturated carbocycles. The number of aromatic nitrogens is 1. The van der Waals surface area contributed by atoms with E-state index in [1.165, 1.54) is 6.92 Å². The lowest BCUT2D eigenvalue weighted by atomic mass is 10.2. The third kappa shape index (κ3) is 2.90. The number of nitro groups is 1. The number of halogens is 1. The molecule has 118 valence electrons. The number of nitrogens with one attached hydrogen (secondary N) is 1. The Morgan fingerprint density at radius 3 is 2.45 bits per heavy atom. The van der Waals surface area contributed by atoms with Crippen molar-refractivity contribution >= 4 is 33.0 Å². The lowest BCUT2D eigenvalue weighted by Crippen LogP contribution is -2.15. The molecule has 0 amide bonds. The van der Waals surface area contributed by atoms with Crippen molar-refractivity contribution in [2.24, 2.45) is 0 Å². The van der Waals surface area contributed by atoms with Crippen molar-refractivity contribution in [1.29, 1.82) is 0 Å². The molecule has 0 aliphatic rings. The number of sulfonamides is 1. The van der Waals surface area contributed by atoms with Crippen LogP contribution in [-0.4, -0.2) is 18.5 Å². The van der Waals surface area contributed by atoms with Crippen molar-refractivity contribution in [2.45, 2.75) is 25.7 Å². The Bertz CT molecular complexity index is 840. The molecule has 0 aliphatic carbocycles. The largest absolute Gasteiger partial charge is 0.359 e. The first-order chi connectivity index (χ1) is 10.1. The number of benzene rings is 1. The van der Waals surface area contributed by atoms with Crippen molar-refractivity contribution in [3.63, 3.8) is 0 Å². The normalized spacial score (nSPS) is 11.5. The third-order valence-electron chi connectivity index (χ3n) is 3.00. The van der Waals surface area contributed by atoms with Crippen LogP contribution in [0, 0.1) is 30.9 Å². The summed E-state index contributed by atoms with van der Waals surface area (Å²) < 4.78 is 32.1. The maximum absolute atomic E-state index is 12.4. The summed E-state index contributed by atoms with van der Waals surface area (Å²) >= 11 is 5.78. The summed E-state index contributed by atoms with van der Waals surface area (Å²) in [5.41, 5.74) is 0.464. The molecule has 0 unspecified atom stereocenters.